The molecule has 0 radical (unpaired) electrons. The molecule has 1 aliphatic heterocycles. The van der Waals surface area contributed by atoms with Gasteiger partial charge >= 0.3 is 0 Å². The smallest absolute Gasteiger partial charge is 0.294 e. The van der Waals surface area contributed by atoms with Crippen molar-refractivity contribution in [3.05, 3.63) is 55.5 Å². The number of hydrogen-bond acceptors (Lipinski definition) is 5. The highest BCUT2D eigenvalue weighted by atomic mass is 79.9. The van der Waals surface area contributed by atoms with Crippen molar-refractivity contribution in [3.63, 3.8) is 0 Å². The lowest BCUT2D eigenvalue weighted by Crippen LogP contribution is -2.36. The van der Waals surface area contributed by atoms with Gasteiger partial charge in [-0.2, -0.15) is 0 Å². The van der Waals surface area contributed by atoms with Gasteiger partial charge in [-0.15, -0.1) is 11.3 Å². The number of thioether (sulfide) groups is 1. The van der Waals surface area contributed by atoms with Gasteiger partial charge in [-0.1, -0.05) is 12.1 Å². The monoisotopic (exact) mass is 436 g/mol. The standard InChI is InChI=1S/C17H13BrN2O3S2/c1-10-3-2-4-12(5-10)19-15(21)8-20-16(22)14(25-17(20)23)7-13-6-11(18)9-24-13/h2-7,9H,8H2,1H3,(H,19,21)/b14-7-. The van der Waals surface area contributed by atoms with E-state index >= 15 is 0 Å². The first-order valence-corrected chi connectivity index (χ1v) is 9.77. The molecule has 1 aromatic heterocycles. The largest absolute Gasteiger partial charge is 0.325 e. The zero-order chi connectivity index (χ0) is 18.0. The first-order chi connectivity index (χ1) is 11.9. The number of carbonyl (C=O) groups excluding carboxylic acids is 3. The number of thiophene rings is 1. The van der Waals surface area contributed by atoms with Crippen LogP contribution in [0.5, 0.6) is 0 Å². The van der Waals surface area contributed by atoms with Crippen molar-refractivity contribution in [2.45, 2.75) is 6.92 Å². The molecule has 1 N–H and O–H groups in total. The molecular formula is C17H13BrN2O3S2. The molecule has 1 aromatic carbocycles. The molecule has 1 aliphatic rings. The van der Waals surface area contributed by atoms with Crippen molar-refractivity contribution in [2.24, 2.45) is 0 Å². The van der Waals surface area contributed by atoms with E-state index in [9.17, 15) is 14.4 Å². The quantitative estimate of drug-likeness (QED) is 0.716. The van der Waals surface area contributed by atoms with Crippen LogP contribution >= 0.6 is 39.0 Å². The Hall–Kier alpha value is -1.90. The van der Waals surface area contributed by atoms with Crippen molar-refractivity contribution < 1.29 is 14.4 Å². The summed E-state index contributed by atoms with van der Waals surface area (Å²) in [6.45, 7) is 1.61. The van der Waals surface area contributed by atoms with E-state index in [4.69, 9.17) is 0 Å². The van der Waals surface area contributed by atoms with E-state index in [0.29, 0.717) is 10.6 Å². The molecular weight excluding hydrogens is 424 g/mol. The summed E-state index contributed by atoms with van der Waals surface area (Å²) in [5.41, 5.74) is 1.64. The van der Waals surface area contributed by atoms with Gasteiger partial charge in [-0.3, -0.25) is 19.3 Å². The average Bonchev–Trinajstić information content (AvgIpc) is 3.06. The molecule has 0 atom stereocenters. The summed E-state index contributed by atoms with van der Waals surface area (Å²) in [5.74, 6) is -0.855. The van der Waals surface area contributed by atoms with Crippen LogP contribution in [0.2, 0.25) is 0 Å². The SMILES string of the molecule is Cc1cccc(NC(=O)CN2C(=O)S/C(=C\c3cc(Br)cs3)C2=O)c1. The summed E-state index contributed by atoms with van der Waals surface area (Å²) >= 11 is 5.66. The maximum absolute atomic E-state index is 12.4. The molecule has 3 amide bonds. The normalized spacial score (nSPS) is 15.9. The summed E-state index contributed by atoms with van der Waals surface area (Å²) in [7, 11) is 0. The first kappa shape index (κ1) is 17.9. The number of nitrogens with zero attached hydrogens (tertiary/aromatic N) is 1. The van der Waals surface area contributed by atoms with Crippen molar-refractivity contribution >= 4 is 67.8 Å². The Bertz CT molecular complexity index is 892. The molecule has 0 unspecified atom stereocenters. The lowest BCUT2D eigenvalue weighted by atomic mass is 10.2. The third-order valence-corrected chi connectivity index (χ3v) is 5.89. The molecule has 5 nitrogen and oxygen atoms in total. The van der Waals surface area contributed by atoms with E-state index in [2.05, 4.69) is 21.2 Å². The lowest BCUT2D eigenvalue weighted by molar-refractivity contribution is -0.127. The molecule has 1 saturated heterocycles. The average molecular weight is 437 g/mol. The Balaban J connectivity index is 1.68. The number of carbonyl (C=O) groups is 3. The van der Waals surface area contributed by atoms with Gasteiger partial charge in [-0.05, 0) is 64.5 Å². The van der Waals surface area contributed by atoms with E-state index in [0.717, 1.165) is 31.6 Å². The third kappa shape index (κ3) is 4.39. The Morgan fingerprint density at radius 3 is 2.80 bits per heavy atom. The molecule has 0 bridgehead atoms. The predicted octanol–water partition coefficient (Wildman–Crippen LogP) is 4.49. The fraction of sp³-hybridized carbons (Fsp3) is 0.118. The molecule has 0 spiro atoms. The zero-order valence-electron chi connectivity index (χ0n) is 13.1. The minimum absolute atomic E-state index is 0.302. The minimum atomic E-state index is -0.445. The van der Waals surface area contributed by atoms with Crippen LogP contribution in [-0.2, 0) is 9.59 Å². The molecule has 0 saturated carbocycles. The third-order valence-electron chi connectivity index (χ3n) is 3.34. The van der Waals surface area contributed by atoms with E-state index in [1.54, 1.807) is 12.1 Å². The van der Waals surface area contributed by atoms with Crippen LogP contribution in [0.4, 0.5) is 10.5 Å². The highest BCUT2D eigenvalue weighted by Gasteiger charge is 2.36. The number of benzene rings is 1. The Morgan fingerprint density at radius 1 is 1.32 bits per heavy atom. The Kier molecular flexibility index (Phi) is 5.41. The number of hydrogen-bond donors (Lipinski definition) is 1. The summed E-state index contributed by atoms with van der Waals surface area (Å²) in [4.78, 5) is 38.8. The topological polar surface area (TPSA) is 66.5 Å². The molecule has 128 valence electrons. The second-order valence-electron chi connectivity index (χ2n) is 5.35. The second-order valence-corrected chi connectivity index (χ2v) is 8.20. The van der Waals surface area contributed by atoms with Crippen LogP contribution in [0.3, 0.4) is 0 Å². The van der Waals surface area contributed by atoms with Gasteiger partial charge in [0.05, 0.1) is 4.91 Å². The predicted molar refractivity (Wildman–Crippen MR) is 105 cm³/mol. The lowest BCUT2D eigenvalue weighted by Gasteiger charge is -2.12. The van der Waals surface area contributed by atoms with Gasteiger partial charge in [0.25, 0.3) is 11.1 Å². The molecule has 8 heteroatoms. The maximum atomic E-state index is 12.4. The Labute approximate surface area is 161 Å². The van der Waals surface area contributed by atoms with Gasteiger partial charge in [0.2, 0.25) is 5.91 Å². The van der Waals surface area contributed by atoms with Crippen LogP contribution in [0, 0.1) is 6.92 Å². The van der Waals surface area contributed by atoms with E-state index in [1.807, 2.05) is 36.6 Å². The molecule has 3 rings (SSSR count). The molecule has 1 fully saturated rings. The number of aryl methyl sites for hydroxylation is 1. The highest BCUT2D eigenvalue weighted by molar-refractivity contribution is 9.10. The van der Waals surface area contributed by atoms with Crippen LogP contribution in [0.1, 0.15) is 10.4 Å². The summed E-state index contributed by atoms with van der Waals surface area (Å²) in [5, 5.41) is 4.16. The Morgan fingerprint density at radius 2 is 2.12 bits per heavy atom. The summed E-state index contributed by atoms with van der Waals surface area (Å²) in [6, 6.07) is 9.18. The minimum Gasteiger partial charge on any atom is -0.325 e. The van der Waals surface area contributed by atoms with Crippen molar-refractivity contribution in [2.75, 3.05) is 11.9 Å². The van der Waals surface area contributed by atoms with Gasteiger partial charge in [0, 0.05) is 20.4 Å². The van der Waals surface area contributed by atoms with Crippen LogP contribution < -0.4 is 5.32 Å². The summed E-state index contributed by atoms with van der Waals surface area (Å²) in [6.07, 6.45) is 1.67. The van der Waals surface area contributed by atoms with E-state index in [1.165, 1.54) is 11.3 Å². The highest BCUT2D eigenvalue weighted by Crippen LogP contribution is 2.33. The van der Waals surface area contributed by atoms with Gasteiger partial charge in [-0.25, -0.2) is 0 Å². The van der Waals surface area contributed by atoms with Gasteiger partial charge in [0.1, 0.15) is 6.54 Å². The van der Waals surface area contributed by atoms with E-state index < -0.39 is 17.1 Å². The zero-order valence-corrected chi connectivity index (χ0v) is 16.3. The molecule has 0 aliphatic carbocycles. The van der Waals surface area contributed by atoms with Gasteiger partial charge in [0.15, 0.2) is 0 Å². The summed E-state index contributed by atoms with van der Waals surface area (Å²) < 4.78 is 0.917. The van der Waals surface area contributed by atoms with Crippen LogP contribution in [0.15, 0.2) is 45.1 Å². The number of imide groups is 1. The number of anilines is 1. The van der Waals surface area contributed by atoms with Crippen molar-refractivity contribution in [1.82, 2.24) is 4.90 Å². The molecule has 25 heavy (non-hydrogen) atoms. The first-order valence-electron chi connectivity index (χ1n) is 7.28. The number of halogens is 1. The van der Waals surface area contributed by atoms with Crippen molar-refractivity contribution in [3.8, 4) is 0 Å². The number of rotatable bonds is 4. The maximum Gasteiger partial charge on any atom is 0.294 e. The van der Waals surface area contributed by atoms with Gasteiger partial charge < -0.3 is 5.32 Å². The molecule has 2 heterocycles. The fourth-order valence-electron chi connectivity index (χ4n) is 2.24. The van der Waals surface area contributed by atoms with E-state index in [-0.39, 0.29) is 6.54 Å². The molecule has 2 aromatic rings. The fourth-order valence-corrected chi connectivity index (χ4v) is 4.52. The van der Waals surface area contributed by atoms with Crippen LogP contribution in [0.25, 0.3) is 6.08 Å². The van der Waals surface area contributed by atoms with Crippen LogP contribution in [-0.4, -0.2) is 28.5 Å². The number of nitrogens with one attached hydrogen (secondary N) is 1. The second kappa shape index (κ2) is 7.55. The number of amides is 3. The van der Waals surface area contributed by atoms with Crippen molar-refractivity contribution in [1.29, 1.82) is 0 Å².